The highest BCUT2D eigenvalue weighted by atomic mass is 16.4. The highest BCUT2D eigenvalue weighted by Crippen LogP contribution is 2.04. The Bertz CT molecular complexity index is 858. The van der Waals surface area contributed by atoms with E-state index in [1.165, 1.54) is 12.5 Å². The lowest BCUT2D eigenvalue weighted by atomic mass is 10.1. The van der Waals surface area contributed by atoms with E-state index < -0.39 is 66.7 Å². The molecule has 0 bridgehead atoms. The predicted molar refractivity (Wildman–Crippen MR) is 110 cm³/mol. The zero-order chi connectivity index (χ0) is 25.0. The number of carbonyl (C=O) groups is 6. The van der Waals surface area contributed by atoms with E-state index in [1.807, 2.05) is 0 Å². The van der Waals surface area contributed by atoms with Crippen LogP contribution in [0.5, 0.6) is 0 Å². The average Bonchev–Trinajstić information content (AvgIpc) is 3.25. The van der Waals surface area contributed by atoms with Crippen molar-refractivity contribution in [2.75, 3.05) is 6.54 Å². The summed E-state index contributed by atoms with van der Waals surface area (Å²) >= 11 is 0. The lowest BCUT2D eigenvalue weighted by Gasteiger charge is -2.23. The van der Waals surface area contributed by atoms with Gasteiger partial charge in [0.1, 0.15) is 18.6 Å². The number of carbonyl (C=O) groups excluding carboxylic acids is 4. The lowest BCUT2D eigenvalue weighted by Crippen LogP contribution is -2.56. The fraction of sp³-hybridized carbons (Fsp3) is 0.500. The number of rotatable bonds is 15. The second-order valence-electron chi connectivity index (χ2n) is 7.06. The molecule has 0 aromatic carbocycles. The van der Waals surface area contributed by atoms with Gasteiger partial charge in [-0.05, 0) is 12.8 Å². The number of aromatic amines is 1. The van der Waals surface area contributed by atoms with E-state index in [4.69, 9.17) is 21.7 Å². The molecule has 0 aliphatic carbocycles. The Balaban J connectivity index is 2.94. The number of nitrogens with two attached hydrogens (primary N) is 2. The van der Waals surface area contributed by atoms with Gasteiger partial charge in [0, 0.05) is 31.2 Å². The fourth-order valence-corrected chi connectivity index (χ4v) is 2.63. The number of nitrogens with zero attached hydrogens (tertiary/aromatic N) is 1. The molecule has 0 spiro atoms. The third-order valence-electron chi connectivity index (χ3n) is 4.34. The first-order valence-electron chi connectivity index (χ1n) is 9.82. The molecule has 182 valence electrons. The number of primary amides is 1. The van der Waals surface area contributed by atoms with Crippen LogP contribution < -0.4 is 27.4 Å². The Morgan fingerprint density at radius 2 is 1.61 bits per heavy atom. The SMILES string of the molecule is NC(=O)CCC(N)C(=O)NC(CCC(=O)O)C(=O)NC(Cc1cnc[nH]1)C(=O)NCC(=O)O. The lowest BCUT2D eigenvalue weighted by molar-refractivity contribution is -0.138. The van der Waals surface area contributed by atoms with Gasteiger partial charge < -0.3 is 42.6 Å². The molecule has 0 fully saturated rings. The Morgan fingerprint density at radius 3 is 2.15 bits per heavy atom. The van der Waals surface area contributed by atoms with Gasteiger partial charge in [-0.2, -0.15) is 0 Å². The molecule has 15 nitrogen and oxygen atoms in total. The Hall–Kier alpha value is -4.01. The number of H-pyrrole nitrogens is 1. The summed E-state index contributed by atoms with van der Waals surface area (Å²) < 4.78 is 0. The van der Waals surface area contributed by atoms with Crippen LogP contribution in [-0.2, 0) is 35.2 Å². The minimum atomic E-state index is -1.37. The molecule has 4 amide bonds. The first-order chi connectivity index (χ1) is 15.5. The van der Waals surface area contributed by atoms with Crippen LogP contribution in [0.1, 0.15) is 31.4 Å². The van der Waals surface area contributed by atoms with E-state index in [1.54, 1.807) is 0 Å². The van der Waals surface area contributed by atoms with E-state index >= 15 is 0 Å². The highest BCUT2D eigenvalue weighted by Gasteiger charge is 2.29. The molecule has 33 heavy (non-hydrogen) atoms. The van der Waals surface area contributed by atoms with Crippen molar-refractivity contribution in [3.8, 4) is 0 Å². The van der Waals surface area contributed by atoms with Crippen molar-refractivity contribution in [2.45, 2.75) is 50.2 Å². The molecule has 0 aliphatic rings. The molecular formula is C18H27N7O8. The smallest absolute Gasteiger partial charge is 0.322 e. The van der Waals surface area contributed by atoms with Gasteiger partial charge in [-0.25, -0.2) is 4.98 Å². The van der Waals surface area contributed by atoms with Gasteiger partial charge in [-0.15, -0.1) is 0 Å². The second kappa shape index (κ2) is 13.4. The summed E-state index contributed by atoms with van der Waals surface area (Å²) in [6, 6.07) is -3.81. The molecule has 10 N–H and O–H groups in total. The maximum atomic E-state index is 12.8. The van der Waals surface area contributed by atoms with Crippen molar-refractivity contribution >= 4 is 35.6 Å². The minimum absolute atomic E-state index is 0.0884. The molecule has 3 unspecified atom stereocenters. The number of hydrogen-bond acceptors (Lipinski definition) is 8. The standard InChI is InChI=1S/C18H27N7O8/c19-10(1-3-13(20)26)16(31)24-11(2-4-14(27)28)18(33)25-12(5-9-6-21-8-23-9)17(32)22-7-15(29)30/h6,8,10-12H,1-5,7,19H2,(H2,20,26)(H,21,23)(H,22,32)(H,24,31)(H,25,33)(H,27,28)(H,29,30). The third kappa shape index (κ3) is 10.7. The van der Waals surface area contributed by atoms with Crippen LogP contribution in [0.25, 0.3) is 0 Å². The van der Waals surface area contributed by atoms with Crippen LogP contribution in [0.4, 0.5) is 0 Å². The zero-order valence-corrected chi connectivity index (χ0v) is 17.6. The van der Waals surface area contributed by atoms with Crippen molar-refractivity contribution in [1.82, 2.24) is 25.9 Å². The van der Waals surface area contributed by atoms with Crippen LogP contribution in [0, 0.1) is 0 Å². The van der Waals surface area contributed by atoms with Crippen LogP contribution in [0.2, 0.25) is 0 Å². The number of aromatic nitrogens is 2. The minimum Gasteiger partial charge on any atom is -0.481 e. The molecule has 0 aliphatic heterocycles. The van der Waals surface area contributed by atoms with E-state index in [0.29, 0.717) is 5.69 Å². The average molecular weight is 469 g/mol. The van der Waals surface area contributed by atoms with Crippen molar-refractivity contribution < 1.29 is 39.0 Å². The molecule has 0 radical (unpaired) electrons. The van der Waals surface area contributed by atoms with E-state index in [0.717, 1.165) is 0 Å². The predicted octanol–water partition coefficient (Wildman–Crippen LogP) is -3.42. The fourth-order valence-electron chi connectivity index (χ4n) is 2.63. The number of hydrogen-bond donors (Lipinski definition) is 8. The van der Waals surface area contributed by atoms with Crippen molar-refractivity contribution in [1.29, 1.82) is 0 Å². The maximum Gasteiger partial charge on any atom is 0.322 e. The van der Waals surface area contributed by atoms with Gasteiger partial charge in [0.05, 0.1) is 12.4 Å². The molecule has 1 rings (SSSR count). The molecule has 15 heteroatoms. The molecule has 3 atom stereocenters. The van der Waals surface area contributed by atoms with Crippen LogP contribution >= 0.6 is 0 Å². The van der Waals surface area contributed by atoms with Gasteiger partial charge in [0.2, 0.25) is 23.6 Å². The van der Waals surface area contributed by atoms with Crippen molar-refractivity contribution in [3.05, 3.63) is 18.2 Å². The van der Waals surface area contributed by atoms with Gasteiger partial charge in [-0.1, -0.05) is 0 Å². The molecule has 0 saturated heterocycles. The largest absolute Gasteiger partial charge is 0.481 e. The first-order valence-corrected chi connectivity index (χ1v) is 9.82. The van der Waals surface area contributed by atoms with Crippen molar-refractivity contribution in [3.63, 3.8) is 0 Å². The van der Waals surface area contributed by atoms with Crippen LogP contribution in [0.15, 0.2) is 12.5 Å². The first kappa shape index (κ1) is 27.0. The van der Waals surface area contributed by atoms with E-state index in [2.05, 4.69) is 25.9 Å². The van der Waals surface area contributed by atoms with Crippen LogP contribution in [-0.4, -0.2) is 80.4 Å². The van der Waals surface area contributed by atoms with Gasteiger partial charge in [-0.3, -0.25) is 28.8 Å². The quantitative estimate of drug-likeness (QED) is 0.126. The Labute approximate surface area is 187 Å². The van der Waals surface area contributed by atoms with Crippen LogP contribution in [0.3, 0.4) is 0 Å². The summed E-state index contributed by atoms with van der Waals surface area (Å²) in [4.78, 5) is 76.6. The number of imidazole rings is 1. The third-order valence-corrected chi connectivity index (χ3v) is 4.34. The summed E-state index contributed by atoms with van der Waals surface area (Å²) in [5, 5.41) is 24.5. The second-order valence-corrected chi connectivity index (χ2v) is 7.06. The number of amides is 4. The molecule has 1 aromatic rings. The van der Waals surface area contributed by atoms with E-state index in [-0.39, 0.29) is 25.7 Å². The Morgan fingerprint density at radius 1 is 0.939 bits per heavy atom. The molecular weight excluding hydrogens is 442 g/mol. The van der Waals surface area contributed by atoms with Gasteiger partial charge in [0.15, 0.2) is 0 Å². The molecule has 0 saturated carbocycles. The Kier molecular flexibility index (Phi) is 11.0. The summed E-state index contributed by atoms with van der Waals surface area (Å²) in [6.07, 6.45) is 1.59. The maximum absolute atomic E-state index is 12.8. The number of carboxylic acid groups (broad SMARTS) is 2. The molecule has 1 aromatic heterocycles. The zero-order valence-electron chi connectivity index (χ0n) is 17.6. The van der Waals surface area contributed by atoms with Gasteiger partial charge in [0.25, 0.3) is 0 Å². The number of carboxylic acids is 2. The summed E-state index contributed by atoms with van der Waals surface area (Å²) in [5.74, 6) is -5.72. The van der Waals surface area contributed by atoms with E-state index in [9.17, 15) is 28.8 Å². The summed E-state index contributed by atoms with van der Waals surface area (Å²) in [7, 11) is 0. The monoisotopic (exact) mass is 469 g/mol. The van der Waals surface area contributed by atoms with Gasteiger partial charge >= 0.3 is 11.9 Å². The normalized spacial score (nSPS) is 13.2. The topological polar surface area (TPSA) is 260 Å². The summed E-state index contributed by atoms with van der Waals surface area (Å²) in [6.45, 7) is -0.692. The summed E-state index contributed by atoms with van der Waals surface area (Å²) in [5.41, 5.74) is 11.1. The van der Waals surface area contributed by atoms with Crippen molar-refractivity contribution in [2.24, 2.45) is 11.5 Å². The number of nitrogens with one attached hydrogen (secondary N) is 4. The number of aliphatic carboxylic acids is 2. The highest BCUT2D eigenvalue weighted by molar-refractivity contribution is 5.94. The molecule has 1 heterocycles.